The van der Waals surface area contributed by atoms with E-state index in [1.807, 2.05) is 0 Å². The average Bonchev–Trinajstić information content (AvgIpc) is 3.11. The van der Waals surface area contributed by atoms with Gasteiger partial charge in [-0.3, -0.25) is 4.79 Å². The first-order chi connectivity index (χ1) is 9.43. The number of carbonyl (C=O) groups is 1. The Morgan fingerprint density at radius 3 is 2.55 bits per heavy atom. The fourth-order valence-electron chi connectivity index (χ4n) is 2.83. The van der Waals surface area contributed by atoms with E-state index in [1.165, 1.54) is 6.07 Å². The minimum Gasteiger partial charge on any atom is -0.352 e. The third-order valence-corrected chi connectivity index (χ3v) is 5.91. The molecule has 1 atom stereocenters. The number of hydrogen-bond donors (Lipinski definition) is 1. The molecule has 3 rings (SSSR count). The molecule has 0 spiro atoms. The SMILES string of the molecule is O=C(NC1CCS(=O)(=O)C1)C1(c2ccccc2F)CC1. The van der Waals surface area contributed by atoms with E-state index in [9.17, 15) is 17.6 Å². The van der Waals surface area contributed by atoms with Crippen LogP contribution >= 0.6 is 0 Å². The van der Waals surface area contributed by atoms with Crippen LogP contribution in [0.15, 0.2) is 24.3 Å². The van der Waals surface area contributed by atoms with Gasteiger partial charge in [0, 0.05) is 11.6 Å². The number of sulfone groups is 1. The lowest BCUT2D eigenvalue weighted by Gasteiger charge is -2.19. The zero-order valence-electron chi connectivity index (χ0n) is 10.9. The summed E-state index contributed by atoms with van der Waals surface area (Å²) in [5, 5.41) is 2.78. The lowest BCUT2D eigenvalue weighted by molar-refractivity contribution is -0.124. The van der Waals surface area contributed by atoms with Crippen molar-refractivity contribution in [1.29, 1.82) is 0 Å². The van der Waals surface area contributed by atoms with Crippen molar-refractivity contribution in [1.82, 2.24) is 5.32 Å². The summed E-state index contributed by atoms with van der Waals surface area (Å²) in [7, 11) is -3.03. The second kappa shape index (κ2) is 4.55. The summed E-state index contributed by atoms with van der Waals surface area (Å²) in [5.41, 5.74) is -0.379. The van der Waals surface area contributed by atoms with E-state index in [1.54, 1.807) is 18.2 Å². The molecule has 2 fully saturated rings. The number of halogens is 1. The molecule has 1 aromatic rings. The third-order valence-electron chi connectivity index (χ3n) is 4.14. The maximum atomic E-state index is 13.8. The van der Waals surface area contributed by atoms with Gasteiger partial charge in [0.1, 0.15) is 5.82 Å². The van der Waals surface area contributed by atoms with Crippen molar-refractivity contribution in [3.05, 3.63) is 35.6 Å². The largest absolute Gasteiger partial charge is 0.352 e. The molecule has 20 heavy (non-hydrogen) atoms. The maximum absolute atomic E-state index is 13.8. The van der Waals surface area contributed by atoms with Crippen molar-refractivity contribution in [3.63, 3.8) is 0 Å². The van der Waals surface area contributed by atoms with E-state index in [0.29, 0.717) is 24.8 Å². The van der Waals surface area contributed by atoms with Gasteiger partial charge < -0.3 is 5.32 Å². The average molecular weight is 297 g/mol. The molecule has 1 N–H and O–H groups in total. The Morgan fingerprint density at radius 2 is 2.00 bits per heavy atom. The highest BCUT2D eigenvalue weighted by Gasteiger charge is 2.53. The van der Waals surface area contributed by atoms with E-state index < -0.39 is 15.3 Å². The van der Waals surface area contributed by atoms with Crippen LogP contribution in [-0.2, 0) is 20.0 Å². The van der Waals surface area contributed by atoms with Gasteiger partial charge in [-0.25, -0.2) is 12.8 Å². The Labute approximate surface area is 117 Å². The summed E-state index contributed by atoms with van der Waals surface area (Å²) >= 11 is 0. The fourth-order valence-corrected chi connectivity index (χ4v) is 4.50. The molecule has 0 bridgehead atoms. The van der Waals surface area contributed by atoms with Crippen LogP contribution in [0.4, 0.5) is 4.39 Å². The Balaban J connectivity index is 1.76. The van der Waals surface area contributed by atoms with Crippen LogP contribution in [0.1, 0.15) is 24.8 Å². The molecule has 1 saturated carbocycles. The van der Waals surface area contributed by atoms with Gasteiger partial charge in [0.15, 0.2) is 9.84 Å². The van der Waals surface area contributed by atoms with E-state index in [0.717, 1.165) is 0 Å². The second-order valence-corrected chi connectivity index (χ2v) is 7.86. The van der Waals surface area contributed by atoms with Gasteiger partial charge >= 0.3 is 0 Å². The van der Waals surface area contributed by atoms with Crippen LogP contribution in [0.2, 0.25) is 0 Å². The van der Waals surface area contributed by atoms with Gasteiger partial charge in [0.05, 0.1) is 16.9 Å². The molecule has 1 amide bonds. The van der Waals surface area contributed by atoms with Gasteiger partial charge in [-0.2, -0.15) is 0 Å². The van der Waals surface area contributed by atoms with Crippen molar-refractivity contribution in [2.45, 2.75) is 30.7 Å². The summed E-state index contributed by atoms with van der Waals surface area (Å²) in [6, 6.07) is 5.95. The van der Waals surface area contributed by atoms with E-state index >= 15 is 0 Å². The minimum atomic E-state index is -3.03. The molecule has 4 nitrogen and oxygen atoms in total. The standard InChI is InChI=1S/C14H16FNO3S/c15-12-4-2-1-3-11(12)14(6-7-14)13(17)16-10-5-8-20(18,19)9-10/h1-4,10H,5-9H2,(H,16,17). The maximum Gasteiger partial charge on any atom is 0.231 e. The topological polar surface area (TPSA) is 63.2 Å². The van der Waals surface area contributed by atoms with Gasteiger partial charge in [-0.1, -0.05) is 18.2 Å². The first-order valence-corrected chi connectivity index (χ1v) is 8.51. The second-order valence-electron chi connectivity index (χ2n) is 5.64. The van der Waals surface area contributed by atoms with Crippen LogP contribution in [0.3, 0.4) is 0 Å². The lowest BCUT2D eigenvalue weighted by Crippen LogP contribution is -2.42. The Morgan fingerprint density at radius 1 is 1.30 bits per heavy atom. The van der Waals surface area contributed by atoms with Gasteiger partial charge in [-0.05, 0) is 25.3 Å². The summed E-state index contributed by atoms with van der Waals surface area (Å²) in [6.07, 6.45) is 1.67. The van der Waals surface area contributed by atoms with Gasteiger partial charge in [0.2, 0.25) is 5.91 Å². The molecule has 1 aliphatic heterocycles. The minimum absolute atomic E-state index is 0.00785. The van der Waals surface area contributed by atoms with Crippen molar-refractivity contribution >= 4 is 15.7 Å². The zero-order valence-corrected chi connectivity index (χ0v) is 11.7. The smallest absolute Gasteiger partial charge is 0.231 e. The number of rotatable bonds is 3. The Kier molecular flexibility index (Phi) is 3.08. The summed E-state index contributed by atoms with van der Waals surface area (Å²) < 4.78 is 36.6. The first kappa shape index (κ1) is 13.5. The van der Waals surface area contributed by atoms with E-state index in [4.69, 9.17) is 0 Å². The number of hydrogen-bond acceptors (Lipinski definition) is 3. The van der Waals surface area contributed by atoms with E-state index in [2.05, 4.69) is 5.32 Å². The molecule has 0 aromatic heterocycles. The lowest BCUT2D eigenvalue weighted by atomic mass is 9.94. The van der Waals surface area contributed by atoms with Gasteiger partial charge in [-0.15, -0.1) is 0 Å². The third kappa shape index (κ3) is 2.32. The van der Waals surface area contributed by atoms with E-state index in [-0.39, 0.29) is 29.3 Å². The predicted octanol–water partition coefficient (Wildman–Crippen LogP) is 1.16. The number of carbonyl (C=O) groups excluding carboxylic acids is 1. The van der Waals surface area contributed by atoms with Crippen LogP contribution in [-0.4, -0.2) is 31.9 Å². The molecular weight excluding hydrogens is 281 g/mol. The molecule has 1 unspecified atom stereocenters. The molecule has 1 saturated heterocycles. The fraction of sp³-hybridized carbons (Fsp3) is 0.500. The molecule has 6 heteroatoms. The van der Waals surface area contributed by atoms with Crippen molar-refractivity contribution in [2.24, 2.45) is 0 Å². The number of amides is 1. The molecule has 108 valence electrons. The van der Waals surface area contributed by atoms with Crippen LogP contribution < -0.4 is 5.32 Å². The molecule has 1 heterocycles. The summed E-state index contributed by atoms with van der Waals surface area (Å²) in [6.45, 7) is 0. The number of nitrogens with one attached hydrogen (secondary N) is 1. The molecule has 1 aliphatic carbocycles. The molecule has 1 aromatic carbocycles. The predicted molar refractivity (Wildman–Crippen MR) is 72.5 cm³/mol. The van der Waals surface area contributed by atoms with Gasteiger partial charge in [0.25, 0.3) is 0 Å². The van der Waals surface area contributed by atoms with Crippen molar-refractivity contribution in [3.8, 4) is 0 Å². The van der Waals surface area contributed by atoms with Crippen molar-refractivity contribution in [2.75, 3.05) is 11.5 Å². The highest BCUT2D eigenvalue weighted by atomic mass is 32.2. The summed E-state index contributed by atoms with van der Waals surface area (Å²) in [4.78, 5) is 12.4. The van der Waals surface area contributed by atoms with Crippen LogP contribution in [0.5, 0.6) is 0 Å². The van der Waals surface area contributed by atoms with Crippen LogP contribution in [0, 0.1) is 5.82 Å². The molecule has 2 aliphatic rings. The first-order valence-electron chi connectivity index (χ1n) is 6.69. The Bertz CT molecular complexity index is 652. The number of benzene rings is 1. The molecule has 0 radical (unpaired) electrons. The monoisotopic (exact) mass is 297 g/mol. The summed E-state index contributed by atoms with van der Waals surface area (Å²) in [5.74, 6) is -0.514. The zero-order chi connectivity index (χ0) is 14.4. The highest BCUT2D eigenvalue weighted by molar-refractivity contribution is 7.91. The normalized spacial score (nSPS) is 26.1. The Hall–Kier alpha value is -1.43. The quantitative estimate of drug-likeness (QED) is 0.910. The molecular formula is C14H16FNO3S. The highest BCUT2D eigenvalue weighted by Crippen LogP contribution is 2.49. The van der Waals surface area contributed by atoms with Crippen LogP contribution in [0.25, 0.3) is 0 Å². The van der Waals surface area contributed by atoms with Crippen molar-refractivity contribution < 1.29 is 17.6 Å².